The molecule has 4 aromatic heterocycles. The molecule has 0 unspecified atom stereocenters. The van der Waals surface area contributed by atoms with E-state index in [0.29, 0.717) is 80.8 Å². The molecule has 560 valence electrons. The molecule has 1 N–H and O–H groups in total. The molecule has 0 radical (unpaired) electrons. The van der Waals surface area contributed by atoms with E-state index in [1.54, 1.807) is 102 Å². The number of fused-ring (bicyclic) bond motifs is 2. The van der Waals surface area contributed by atoms with Crippen LogP contribution in [0.2, 0.25) is 0 Å². The van der Waals surface area contributed by atoms with E-state index >= 15 is 0 Å². The second-order valence-corrected chi connectivity index (χ2v) is 34.3. The van der Waals surface area contributed by atoms with Crippen LogP contribution in [0.3, 0.4) is 0 Å². The highest BCUT2D eigenvalue weighted by molar-refractivity contribution is 9.10. The maximum Gasteiger partial charge on any atom is 0.495 e. The lowest BCUT2D eigenvalue weighted by atomic mass is 9.74. The second-order valence-electron chi connectivity index (χ2n) is 27.7. The minimum Gasteiger partial charge on any atom is -0.497 e. The molecule has 3 saturated heterocycles. The quantitative estimate of drug-likeness (QED) is 0.0635. The van der Waals surface area contributed by atoms with Crippen LogP contribution in [-0.4, -0.2) is 103 Å². The molecule has 3 fully saturated rings. The summed E-state index contributed by atoms with van der Waals surface area (Å²) in [6.07, 6.45) is -2.56. The number of sulfone groups is 1. The van der Waals surface area contributed by atoms with Crippen LogP contribution >= 0.6 is 38.6 Å². The molecule has 109 heavy (non-hydrogen) atoms. The summed E-state index contributed by atoms with van der Waals surface area (Å²) in [4.78, 5) is 11.1. The van der Waals surface area contributed by atoms with Crippen LogP contribution in [0.4, 0.5) is 31.5 Å². The Morgan fingerprint density at radius 1 is 0.606 bits per heavy atom. The number of thiazole rings is 2. The van der Waals surface area contributed by atoms with Crippen LogP contribution in [0, 0.1) is 6.92 Å². The number of alkyl halides is 6. The van der Waals surface area contributed by atoms with Crippen molar-refractivity contribution in [1.82, 2.24) is 39.7 Å². The fraction of sp³-hybridized carbons (Fsp3) is 0.235. The zero-order chi connectivity index (χ0) is 76.8. The molecule has 0 atom stereocenters. The first-order chi connectivity index (χ1) is 52.0. The van der Waals surface area contributed by atoms with Crippen molar-refractivity contribution in [1.29, 1.82) is 0 Å². The summed E-state index contributed by atoms with van der Waals surface area (Å²) < 4.78 is 160. The summed E-state index contributed by atoms with van der Waals surface area (Å²) in [5.41, 5.74) is 5.41. The molecule has 0 spiro atoms. The molecular formula is C81H73BBrF6N9O7S4. The minimum absolute atomic E-state index is 0.00406. The molecule has 0 saturated carbocycles. The third-order valence-electron chi connectivity index (χ3n) is 20.2. The van der Waals surface area contributed by atoms with E-state index in [0.717, 1.165) is 49.6 Å². The van der Waals surface area contributed by atoms with Crippen molar-refractivity contribution < 1.29 is 57.2 Å². The number of likely N-dealkylation sites (tertiary alicyclic amines) is 1. The maximum absolute atomic E-state index is 13.9. The number of anilines is 1. The number of rotatable bonds is 18. The monoisotopic (exact) mass is 1620 g/mol. The zero-order valence-electron chi connectivity index (χ0n) is 59.8. The Morgan fingerprint density at radius 3 is 1.78 bits per heavy atom. The van der Waals surface area contributed by atoms with E-state index in [-0.39, 0.29) is 40.2 Å². The number of nitrogens with one attached hydrogen (secondary N) is 1. The highest BCUT2D eigenvalue weighted by Crippen LogP contribution is 2.45. The predicted octanol–water partition coefficient (Wildman–Crippen LogP) is 18.2. The molecule has 3 aliphatic rings. The number of hydrogen-bond donors (Lipinski definition) is 1. The molecular weight excluding hydrogens is 1540 g/mol. The van der Waals surface area contributed by atoms with Gasteiger partial charge in [-0.3, -0.25) is 14.3 Å². The summed E-state index contributed by atoms with van der Waals surface area (Å²) in [7, 11) is -6.64. The third kappa shape index (κ3) is 16.0. The topological polar surface area (TPSA) is 176 Å². The average Bonchev–Trinajstić information content (AvgIpc) is 1.75. The largest absolute Gasteiger partial charge is 0.497 e. The van der Waals surface area contributed by atoms with E-state index in [9.17, 15) is 43.2 Å². The number of halogens is 7. The molecule has 0 amide bonds. The van der Waals surface area contributed by atoms with Crippen molar-refractivity contribution in [2.24, 2.45) is 0 Å². The van der Waals surface area contributed by atoms with E-state index < -0.39 is 61.7 Å². The van der Waals surface area contributed by atoms with Crippen LogP contribution in [0.1, 0.15) is 84.2 Å². The highest BCUT2D eigenvalue weighted by Gasteiger charge is 2.53. The molecule has 7 heterocycles. The lowest BCUT2D eigenvalue weighted by molar-refractivity contribution is -0.138. The van der Waals surface area contributed by atoms with Gasteiger partial charge in [0.05, 0.1) is 75.3 Å². The number of aromatic nitrogens is 6. The first-order valence-electron chi connectivity index (χ1n) is 34.8. The van der Waals surface area contributed by atoms with Gasteiger partial charge in [0, 0.05) is 77.3 Å². The van der Waals surface area contributed by atoms with Crippen LogP contribution < -0.4 is 19.8 Å². The zero-order valence-corrected chi connectivity index (χ0v) is 64.6. The van der Waals surface area contributed by atoms with Crippen molar-refractivity contribution in [3.63, 3.8) is 0 Å². The standard InChI is InChI=1S/C32H33BF3N3O2.C27H21F3N4O2S2.C22H19BrN2O3S2/c1-30(2)31(3,4)41-33(40-30)27-16-15-24(32(34,35)36)19-26(27)28-17-18-37-39(28)25-20-38(21-25)29(22-11-7-5-8-12-22)23-13-9-6-10-14-23;28-27(29,30)18-4-6-23(24(13-18)25-8-9-33-34(25)19-14-31-15-19)22-3-1-2-17-12-20(5-7-21(17)22)38(35,36)16-26-32-10-11-37-26;1-15-12-18(28-2)7-6-17(15)14-25(22-24-10-11-29-22)30(26,27)19-8-9-20-16(13-19)4-3-5-21(20)23/h5-19,25,29H,20-21H2,1-4H3;1-13,19,31H,14-16H2;3-13H,14H2,1-2H3. The van der Waals surface area contributed by atoms with Crippen LogP contribution in [-0.2, 0) is 53.8 Å². The Hall–Kier alpha value is -9.36. The van der Waals surface area contributed by atoms with E-state index in [1.165, 1.54) is 62.4 Å². The fourth-order valence-corrected chi connectivity index (χ4v) is 18.7. The van der Waals surface area contributed by atoms with Gasteiger partial charge in [0.1, 0.15) is 16.5 Å². The smallest absolute Gasteiger partial charge is 0.495 e. The molecule has 28 heteroatoms. The normalized spacial score (nSPS) is 15.4. The Morgan fingerprint density at radius 2 is 1.18 bits per heavy atom. The number of methoxy groups -OCH3 is 1. The fourth-order valence-electron chi connectivity index (χ4n) is 13.6. The summed E-state index contributed by atoms with van der Waals surface area (Å²) >= 11 is 6.09. The molecule has 3 aliphatic heterocycles. The molecule has 16 nitrogen and oxygen atoms in total. The Labute approximate surface area is 644 Å². The Kier molecular flexibility index (Phi) is 21.6. The average molecular weight is 1620 g/mol. The number of hydrogen-bond acceptors (Lipinski definition) is 15. The number of nitrogens with zero attached hydrogens (tertiary/aromatic N) is 8. The van der Waals surface area contributed by atoms with E-state index in [1.807, 2.05) is 124 Å². The van der Waals surface area contributed by atoms with Gasteiger partial charge in [0.15, 0.2) is 15.0 Å². The van der Waals surface area contributed by atoms with E-state index in [2.05, 4.69) is 70.6 Å². The Balaban J connectivity index is 0.000000138. The van der Waals surface area contributed by atoms with Crippen LogP contribution in [0.25, 0.3) is 55.2 Å². The highest BCUT2D eigenvalue weighted by atomic mass is 79.9. The first-order valence-corrected chi connectivity index (χ1v) is 40.5. The van der Waals surface area contributed by atoms with Gasteiger partial charge >= 0.3 is 19.5 Å². The lowest BCUT2D eigenvalue weighted by Crippen LogP contribution is -2.50. The van der Waals surface area contributed by atoms with E-state index in [4.69, 9.17) is 14.0 Å². The number of sulfonamides is 1. The van der Waals surface area contributed by atoms with Gasteiger partial charge in [-0.15, -0.1) is 22.7 Å². The Bertz CT molecular complexity index is 5610. The molecule has 16 rings (SSSR count). The van der Waals surface area contributed by atoms with Gasteiger partial charge in [-0.25, -0.2) is 31.1 Å². The molecule has 0 bridgehead atoms. The summed E-state index contributed by atoms with van der Waals surface area (Å²) in [5.74, 6) is 0.541. The molecule has 13 aromatic rings. The maximum atomic E-state index is 13.9. The molecule has 9 aromatic carbocycles. The summed E-state index contributed by atoms with van der Waals surface area (Å²) in [5, 5.41) is 19.8. The van der Waals surface area contributed by atoms with Crippen molar-refractivity contribution in [3.8, 4) is 39.4 Å². The molecule has 0 aliphatic carbocycles. The van der Waals surface area contributed by atoms with Gasteiger partial charge in [-0.2, -0.15) is 36.5 Å². The van der Waals surface area contributed by atoms with Gasteiger partial charge < -0.3 is 19.4 Å². The van der Waals surface area contributed by atoms with Crippen molar-refractivity contribution >= 4 is 97.7 Å². The predicted molar refractivity (Wildman–Crippen MR) is 419 cm³/mol. The van der Waals surface area contributed by atoms with Gasteiger partial charge in [0.2, 0.25) is 0 Å². The first kappa shape index (κ1) is 76.4. The van der Waals surface area contributed by atoms with Gasteiger partial charge in [0.25, 0.3) is 10.0 Å². The minimum atomic E-state index is -4.50. The van der Waals surface area contributed by atoms with Crippen molar-refractivity contribution in [3.05, 3.63) is 279 Å². The second kappa shape index (κ2) is 30.8. The van der Waals surface area contributed by atoms with Crippen molar-refractivity contribution in [2.75, 3.05) is 37.6 Å². The van der Waals surface area contributed by atoms with Crippen LogP contribution in [0.15, 0.2) is 250 Å². The number of aryl methyl sites for hydroxylation is 1. The summed E-state index contributed by atoms with van der Waals surface area (Å²) in [6.45, 7) is 12.6. The third-order valence-corrected chi connectivity index (χ3v) is 26.2. The van der Waals surface area contributed by atoms with Crippen molar-refractivity contribution in [2.45, 2.75) is 98.4 Å². The lowest BCUT2D eigenvalue weighted by Gasteiger charge is -2.45. The number of ether oxygens (including phenoxy) is 1. The SMILES string of the molecule is CC1(C)OB(c2ccc(C(F)(F)F)cc2-c2ccnn2C2CN(C(c3ccccc3)c3ccccc3)C2)OC1(C)C.COc1ccc(CN(c2nccs2)S(=O)(=O)c2ccc3c(Br)cccc3c2)c(C)c1.O=S(=O)(Cc1nccs1)c1ccc2c(-c3ccc(C(F)(F)F)cc3-c3ccnn3C3CNC3)cccc2c1. The van der Waals surface area contributed by atoms with Gasteiger partial charge in [-0.1, -0.05) is 143 Å². The summed E-state index contributed by atoms with van der Waals surface area (Å²) in [6, 6.07) is 58.6. The van der Waals surface area contributed by atoms with Gasteiger partial charge in [-0.05, 0) is 168 Å². The van der Waals surface area contributed by atoms with Crippen LogP contribution in [0.5, 0.6) is 5.75 Å². The number of benzene rings is 9.